The van der Waals surface area contributed by atoms with E-state index in [0.717, 1.165) is 16.7 Å². The van der Waals surface area contributed by atoms with Crippen molar-refractivity contribution in [1.29, 1.82) is 5.26 Å². The maximum absolute atomic E-state index is 13.1. The Morgan fingerprint density at radius 3 is 2.32 bits per heavy atom. The summed E-state index contributed by atoms with van der Waals surface area (Å²) in [5, 5.41) is 10.3. The maximum Gasteiger partial charge on any atom is 0.416 e. The second kappa shape index (κ2) is 7.58. The third kappa shape index (κ3) is 3.23. The molecule has 0 spiro atoms. The number of ether oxygens (including phenoxy) is 1. The second-order valence-corrected chi connectivity index (χ2v) is 6.87. The normalized spacial score (nSPS) is 18.0. The van der Waals surface area contributed by atoms with E-state index in [1.54, 1.807) is 17.0 Å². The van der Waals surface area contributed by atoms with E-state index in [9.17, 15) is 10.1 Å². The van der Waals surface area contributed by atoms with Gasteiger partial charge >= 0.3 is 6.09 Å². The summed E-state index contributed by atoms with van der Waals surface area (Å²) in [6.45, 7) is 0.434. The van der Waals surface area contributed by atoms with Crippen LogP contribution in [0.1, 0.15) is 16.7 Å². The lowest BCUT2D eigenvalue weighted by Crippen LogP contribution is -2.54. The fraction of sp³-hybridized carbons (Fsp3) is 0.167. The molecule has 3 aromatic rings. The molecule has 138 valence electrons. The van der Waals surface area contributed by atoms with Crippen molar-refractivity contribution >= 4 is 6.09 Å². The molecule has 0 N–H and O–H groups in total. The van der Waals surface area contributed by atoms with Gasteiger partial charge in [-0.15, -0.1) is 0 Å². The minimum Gasteiger partial charge on any atom is -0.410 e. The first kappa shape index (κ1) is 17.8. The van der Waals surface area contributed by atoms with Crippen molar-refractivity contribution in [1.82, 2.24) is 4.90 Å². The van der Waals surface area contributed by atoms with Gasteiger partial charge in [0, 0.05) is 13.0 Å². The van der Waals surface area contributed by atoms with Gasteiger partial charge in [-0.2, -0.15) is 5.26 Å². The maximum atomic E-state index is 13.1. The van der Waals surface area contributed by atoms with Crippen molar-refractivity contribution in [3.8, 4) is 11.8 Å². The van der Waals surface area contributed by atoms with Gasteiger partial charge < -0.3 is 4.74 Å². The number of nitriles is 1. The highest BCUT2D eigenvalue weighted by Gasteiger charge is 2.46. The smallest absolute Gasteiger partial charge is 0.410 e. The van der Waals surface area contributed by atoms with E-state index in [1.807, 2.05) is 72.8 Å². The molecule has 0 saturated heterocycles. The summed E-state index contributed by atoms with van der Waals surface area (Å²) in [5.41, 5.74) is 1.86. The molecule has 0 aromatic heterocycles. The van der Waals surface area contributed by atoms with Gasteiger partial charge in [0.25, 0.3) is 0 Å². The Hall–Kier alpha value is -3.58. The predicted molar refractivity (Wildman–Crippen MR) is 107 cm³/mol. The minimum absolute atomic E-state index is 0.408. The Labute approximate surface area is 164 Å². The number of fused-ring (bicyclic) bond motifs is 1. The van der Waals surface area contributed by atoms with Crippen LogP contribution < -0.4 is 4.74 Å². The molecule has 4 rings (SSSR count). The van der Waals surface area contributed by atoms with Crippen LogP contribution in [0.4, 0.5) is 4.79 Å². The lowest BCUT2D eigenvalue weighted by molar-refractivity contribution is 0.0994. The molecule has 1 aliphatic rings. The lowest BCUT2D eigenvalue weighted by Gasteiger charge is -2.43. The van der Waals surface area contributed by atoms with Gasteiger partial charge in [0.2, 0.25) is 0 Å². The van der Waals surface area contributed by atoms with Crippen LogP contribution in [0.15, 0.2) is 84.9 Å². The number of para-hydroxylation sites is 1. The monoisotopic (exact) mass is 368 g/mol. The molecule has 1 atom stereocenters. The van der Waals surface area contributed by atoms with Gasteiger partial charge in [-0.05, 0) is 35.2 Å². The quantitative estimate of drug-likeness (QED) is 0.673. The van der Waals surface area contributed by atoms with Gasteiger partial charge in [-0.1, -0.05) is 72.8 Å². The van der Waals surface area contributed by atoms with Crippen molar-refractivity contribution in [3.05, 3.63) is 102 Å². The number of carbonyl (C=O) groups is 1. The zero-order valence-electron chi connectivity index (χ0n) is 15.4. The minimum atomic E-state index is -1.11. The van der Waals surface area contributed by atoms with E-state index in [2.05, 4.69) is 6.07 Å². The van der Waals surface area contributed by atoms with Gasteiger partial charge in [-0.25, -0.2) is 4.79 Å². The van der Waals surface area contributed by atoms with Crippen molar-refractivity contribution in [2.24, 2.45) is 0 Å². The molecule has 0 fully saturated rings. The standard InChI is InChI=1S/C24H20N2O2/c25-18-24(17-19-9-3-1-4-10-19)22-14-8-7-11-20(22)15-16-26(24)23(27)28-21-12-5-2-6-13-21/h1-14H,15-17H2/t24-/m1/s1. The van der Waals surface area contributed by atoms with Gasteiger partial charge in [0.15, 0.2) is 5.54 Å². The summed E-state index contributed by atoms with van der Waals surface area (Å²) in [4.78, 5) is 14.7. The van der Waals surface area contributed by atoms with Crippen LogP contribution in [-0.4, -0.2) is 17.5 Å². The van der Waals surface area contributed by atoms with Crippen molar-refractivity contribution in [2.45, 2.75) is 18.4 Å². The van der Waals surface area contributed by atoms with E-state index in [1.165, 1.54) is 0 Å². The van der Waals surface area contributed by atoms with Crippen LogP contribution in [0.5, 0.6) is 5.75 Å². The zero-order chi connectivity index (χ0) is 19.4. The second-order valence-electron chi connectivity index (χ2n) is 6.87. The van der Waals surface area contributed by atoms with E-state index in [-0.39, 0.29) is 0 Å². The number of hydrogen-bond donors (Lipinski definition) is 0. The molecule has 0 saturated carbocycles. The highest BCUT2D eigenvalue weighted by Crippen LogP contribution is 2.38. The van der Waals surface area contributed by atoms with Gasteiger partial charge in [0.1, 0.15) is 5.75 Å². The van der Waals surface area contributed by atoms with Crippen LogP contribution >= 0.6 is 0 Å². The third-order valence-electron chi connectivity index (χ3n) is 5.18. The van der Waals surface area contributed by atoms with Crippen LogP contribution in [0.3, 0.4) is 0 Å². The molecule has 0 radical (unpaired) electrons. The Morgan fingerprint density at radius 2 is 1.61 bits per heavy atom. The van der Waals surface area contributed by atoms with E-state index in [4.69, 9.17) is 4.74 Å². The SMILES string of the molecule is N#C[C@]1(Cc2ccccc2)c2ccccc2CCN1C(=O)Oc1ccccc1. The van der Waals surface area contributed by atoms with Gasteiger partial charge in [-0.3, -0.25) is 4.90 Å². The fourth-order valence-electron chi connectivity index (χ4n) is 3.84. The average Bonchev–Trinajstić information content (AvgIpc) is 2.75. The highest BCUT2D eigenvalue weighted by molar-refractivity contribution is 5.74. The molecular formula is C24H20N2O2. The predicted octanol–water partition coefficient (Wildman–Crippen LogP) is 4.71. The highest BCUT2D eigenvalue weighted by atomic mass is 16.6. The van der Waals surface area contributed by atoms with E-state index < -0.39 is 11.6 Å². The molecule has 1 heterocycles. The molecule has 28 heavy (non-hydrogen) atoms. The zero-order valence-corrected chi connectivity index (χ0v) is 15.4. The third-order valence-corrected chi connectivity index (χ3v) is 5.18. The topological polar surface area (TPSA) is 53.3 Å². The first-order valence-corrected chi connectivity index (χ1v) is 9.31. The molecule has 1 aliphatic heterocycles. The van der Waals surface area contributed by atoms with E-state index >= 15 is 0 Å². The van der Waals surface area contributed by atoms with Crippen LogP contribution in [-0.2, 0) is 18.4 Å². The number of rotatable bonds is 3. The Balaban J connectivity index is 1.76. The van der Waals surface area contributed by atoms with Crippen LogP contribution in [0.25, 0.3) is 0 Å². The van der Waals surface area contributed by atoms with Crippen LogP contribution in [0, 0.1) is 11.3 Å². The average molecular weight is 368 g/mol. The Kier molecular flexibility index (Phi) is 4.82. The molecule has 4 heteroatoms. The Morgan fingerprint density at radius 1 is 0.964 bits per heavy atom. The first-order valence-electron chi connectivity index (χ1n) is 9.31. The molecule has 0 bridgehead atoms. The van der Waals surface area contributed by atoms with Crippen molar-refractivity contribution < 1.29 is 9.53 Å². The van der Waals surface area contributed by atoms with Crippen molar-refractivity contribution in [2.75, 3.05) is 6.54 Å². The Bertz CT molecular complexity index is 1010. The number of benzene rings is 3. The molecule has 0 aliphatic carbocycles. The molecular weight excluding hydrogens is 348 g/mol. The number of amides is 1. The molecule has 0 unspecified atom stereocenters. The first-order chi connectivity index (χ1) is 13.7. The van der Waals surface area contributed by atoms with Gasteiger partial charge in [0.05, 0.1) is 6.07 Å². The number of hydrogen-bond acceptors (Lipinski definition) is 3. The van der Waals surface area contributed by atoms with Crippen molar-refractivity contribution in [3.63, 3.8) is 0 Å². The summed E-state index contributed by atoms with van der Waals surface area (Å²) in [6, 6.07) is 29.1. The molecule has 1 amide bonds. The molecule has 4 nitrogen and oxygen atoms in total. The number of nitrogens with zero attached hydrogens (tertiary/aromatic N) is 2. The summed E-state index contributed by atoms with van der Waals surface area (Å²) in [5.74, 6) is 0.470. The van der Waals surface area contributed by atoms with E-state index in [0.29, 0.717) is 25.1 Å². The largest absolute Gasteiger partial charge is 0.416 e. The number of carbonyl (C=O) groups excluding carboxylic acids is 1. The summed E-state index contributed by atoms with van der Waals surface area (Å²) in [6.07, 6.45) is 0.599. The molecule has 3 aromatic carbocycles. The summed E-state index contributed by atoms with van der Waals surface area (Å²) >= 11 is 0. The lowest BCUT2D eigenvalue weighted by atomic mass is 9.77. The fourth-order valence-corrected chi connectivity index (χ4v) is 3.84. The summed E-state index contributed by atoms with van der Waals surface area (Å²) < 4.78 is 5.60. The van der Waals surface area contributed by atoms with Crippen LogP contribution in [0.2, 0.25) is 0 Å². The summed E-state index contributed by atoms with van der Waals surface area (Å²) in [7, 11) is 0.